The number of methoxy groups -OCH3 is 1. The van der Waals surface area contributed by atoms with E-state index in [1.54, 1.807) is 7.11 Å². The van der Waals surface area contributed by atoms with Crippen molar-refractivity contribution in [3.63, 3.8) is 0 Å². The molecule has 3 N–H and O–H groups in total. The summed E-state index contributed by atoms with van der Waals surface area (Å²) in [4.78, 5) is 22.9. The monoisotopic (exact) mass is 292 g/mol. The van der Waals surface area contributed by atoms with Crippen molar-refractivity contribution < 1.29 is 19.4 Å². The summed E-state index contributed by atoms with van der Waals surface area (Å²) in [6, 6.07) is 7.03. The fraction of sp³-hybridized carbons (Fsp3) is 0.467. The van der Waals surface area contributed by atoms with E-state index in [0.717, 1.165) is 17.7 Å². The van der Waals surface area contributed by atoms with Gasteiger partial charge in [0.05, 0.1) is 12.5 Å². The molecule has 114 valence electrons. The second-order valence-electron chi connectivity index (χ2n) is 5.32. The number of amides is 2. The Kier molecular flexibility index (Phi) is 4.67. The first-order chi connectivity index (χ1) is 10.1. The minimum Gasteiger partial charge on any atom is -0.497 e. The molecule has 1 fully saturated rings. The Labute approximate surface area is 123 Å². The second-order valence-corrected chi connectivity index (χ2v) is 5.32. The van der Waals surface area contributed by atoms with Crippen LogP contribution in [0.25, 0.3) is 0 Å². The van der Waals surface area contributed by atoms with Crippen LogP contribution in [0.2, 0.25) is 0 Å². The normalized spacial score (nSPS) is 15.7. The van der Waals surface area contributed by atoms with Gasteiger partial charge in [-0.05, 0) is 30.5 Å². The number of ether oxygens (including phenoxy) is 1. The standard InChI is InChI=1S/C15H20N2O4/c1-21-12-5-3-11(4-6-12)9-16-14(20)17-10-15(13(18)19)7-2-8-15/h3-6H,2,7-10H2,1H3,(H,18,19)(H2,16,17,20). The predicted molar refractivity (Wildman–Crippen MR) is 77.2 cm³/mol. The van der Waals surface area contributed by atoms with Gasteiger partial charge in [-0.25, -0.2) is 4.79 Å². The van der Waals surface area contributed by atoms with Gasteiger partial charge in [0.2, 0.25) is 0 Å². The fourth-order valence-electron chi connectivity index (χ4n) is 2.31. The van der Waals surface area contributed by atoms with Crippen molar-refractivity contribution in [2.45, 2.75) is 25.8 Å². The smallest absolute Gasteiger partial charge is 0.315 e. The van der Waals surface area contributed by atoms with Gasteiger partial charge < -0.3 is 20.5 Å². The molecule has 0 atom stereocenters. The predicted octanol–water partition coefficient (Wildman–Crippen LogP) is 1.75. The van der Waals surface area contributed by atoms with Gasteiger partial charge >= 0.3 is 12.0 Å². The molecular weight excluding hydrogens is 272 g/mol. The van der Waals surface area contributed by atoms with Crippen LogP contribution in [0.1, 0.15) is 24.8 Å². The summed E-state index contributed by atoms with van der Waals surface area (Å²) >= 11 is 0. The molecule has 0 spiro atoms. The quantitative estimate of drug-likeness (QED) is 0.745. The van der Waals surface area contributed by atoms with E-state index in [2.05, 4.69) is 10.6 Å². The molecule has 2 amide bonds. The third-order valence-corrected chi connectivity index (χ3v) is 3.96. The van der Waals surface area contributed by atoms with Gasteiger partial charge in [0.15, 0.2) is 0 Å². The highest BCUT2D eigenvalue weighted by molar-refractivity contribution is 5.78. The Morgan fingerprint density at radius 1 is 1.24 bits per heavy atom. The van der Waals surface area contributed by atoms with Crippen LogP contribution in [-0.2, 0) is 11.3 Å². The van der Waals surface area contributed by atoms with Crippen molar-refractivity contribution >= 4 is 12.0 Å². The van der Waals surface area contributed by atoms with Gasteiger partial charge in [-0.1, -0.05) is 18.6 Å². The molecule has 2 rings (SSSR count). The largest absolute Gasteiger partial charge is 0.497 e. The number of benzene rings is 1. The zero-order valence-electron chi connectivity index (χ0n) is 12.0. The van der Waals surface area contributed by atoms with Crippen molar-refractivity contribution in [2.75, 3.05) is 13.7 Å². The molecule has 6 heteroatoms. The number of carbonyl (C=O) groups excluding carboxylic acids is 1. The van der Waals surface area contributed by atoms with Gasteiger partial charge in [0.1, 0.15) is 5.75 Å². The van der Waals surface area contributed by atoms with Crippen molar-refractivity contribution in [3.05, 3.63) is 29.8 Å². The lowest BCUT2D eigenvalue weighted by Gasteiger charge is -2.37. The zero-order valence-corrected chi connectivity index (χ0v) is 12.0. The number of urea groups is 1. The number of hydrogen-bond acceptors (Lipinski definition) is 3. The second kappa shape index (κ2) is 6.47. The molecule has 0 radical (unpaired) electrons. The number of hydrogen-bond donors (Lipinski definition) is 3. The lowest BCUT2D eigenvalue weighted by molar-refractivity contribution is -0.153. The molecular formula is C15H20N2O4. The Hall–Kier alpha value is -2.24. The van der Waals surface area contributed by atoms with Crippen LogP contribution in [0.4, 0.5) is 4.79 Å². The van der Waals surface area contributed by atoms with Gasteiger partial charge in [-0.2, -0.15) is 0 Å². The van der Waals surface area contributed by atoms with E-state index in [1.807, 2.05) is 24.3 Å². The highest BCUT2D eigenvalue weighted by Gasteiger charge is 2.44. The Balaban J connectivity index is 1.75. The molecule has 1 aromatic carbocycles. The van der Waals surface area contributed by atoms with E-state index in [0.29, 0.717) is 19.4 Å². The summed E-state index contributed by atoms with van der Waals surface area (Å²) in [6.07, 6.45) is 2.16. The van der Waals surface area contributed by atoms with Crippen molar-refractivity contribution in [1.29, 1.82) is 0 Å². The van der Waals surface area contributed by atoms with E-state index in [-0.39, 0.29) is 12.6 Å². The first kappa shape index (κ1) is 15.2. The molecule has 0 aromatic heterocycles. The fourth-order valence-corrected chi connectivity index (χ4v) is 2.31. The average Bonchev–Trinajstić information content (AvgIpc) is 2.44. The van der Waals surface area contributed by atoms with Gasteiger partial charge in [0, 0.05) is 13.1 Å². The van der Waals surface area contributed by atoms with Crippen LogP contribution in [0.5, 0.6) is 5.75 Å². The molecule has 21 heavy (non-hydrogen) atoms. The number of carboxylic acid groups (broad SMARTS) is 1. The number of rotatable bonds is 6. The average molecular weight is 292 g/mol. The number of carboxylic acids is 1. The minimum absolute atomic E-state index is 0.177. The highest BCUT2D eigenvalue weighted by Crippen LogP contribution is 2.40. The summed E-state index contributed by atoms with van der Waals surface area (Å²) in [7, 11) is 1.60. The summed E-state index contributed by atoms with van der Waals surface area (Å²) in [6.45, 7) is 0.562. The Morgan fingerprint density at radius 3 is 2.38 bits per heavy atom. The summed E-state index contributed by atoms with van der Waals surface area (Å²) in [5.74, 6) is -0.0687. The summed E-state index contributed by atoms with van der Waals surface area (Å²) in [5.41, 5.74) is 0.180. The lowest BCUT2D eigenvalue weighted by Crippen LogP contribution is -2.49. The Morgan fingerprint density at radius 2 is 1.90 bits per heavy atom. The first-order valence-electron chi connectivity index (χ1n) is 6.94. The maximum absolute atomic E-state index is 11.7. The summed E-state index contributed by atoms with van der Waals surface area (Å²) in [5, 5.41) is 14.5. The third kappa shape index (κ3) is 3.65. The minimum atomic E-state index is -0.829. The lowest BCUT2D eigenvalue weighted by atomic mass is 9.69. The van der Waals surface area contributed by atoms with Gasteiger partial charge in [-0.3, -0.25) is 4.79 Å². The van der Waals surface area contributed by atoms with Crippen LogP contribution < -0.4 is 15.4 Å². The highest BCUT2D eigenvalue weighted by atomic mass is 16.5. The zero-order chi connectivity index (χ0) is 15.3. The van der Waals surface area contributed by atoms with Crippen LogP contribution in [0, 0.1) is 5.41 Å². The van der Waals surface area contributed by atoms with E-state index in [1.165, 1.54) is 0 Å². The van der Waals surface area contributed by atoms with Crippen molar-refractivity contribution in [1.82, 2.24) is 10.6 Å². The van der Waals surface area contributed by atoms with Crippen LogP contribution in [0.3, 0.4) is 0 Å². The van der Waals surface area contributed by atoms with Crippen LogP contribution in [0.15, 0.2) is 24.3 Å². The molecule has 6 nitrogen and oxygen atoms in total. The number of nitrogens with one attached hydrogen (secondary N) is 2. The van der Waals surface area contributed by atoms with Crippen LogP contribution >= 0.6 is 0 Å². The number of carbonyl (C=O) groups is 2. The van der Waals surface area contributed by atoms with Gasteiger partial charge in [0.25, 0.3) is 0 Å². The number of aliphatic carboxylic acids is 1. The summed E-state index contributed by atoms with van der Waals surface area (Å²) < 4.78 is 5.06. The SMILES string of the molecule is COc1ccc(CNC(=O)NCC2(C(=O)O)CCC2)cc1. The van der Waals surface area contributed by atoms with Crippen molar-refractivity contribution in [3.8, 4) is 5.75 Å². The van der Waals surface area contributed by atoms with E-state index < -0.39 is 11.4 Å². The van der Waals surface area contributed by atoms with Crippen LogP contribution in [-0.4, -0.2) is 30.8 Å². The maximum Gasteiger partial charge on any atom is 0.315 e. The topological polar surface area (TPSA) is 87.7 Å². The van der Waals surface area contributed by atoms with E-state index in [9.17, 15) is 14.7 Å². The third-order valence-electron chi connectivity index (χ3n) is 3.96. The first-order valence-corrected chi connectivity index (χ1v) is 6.94. The molecule has 1 saturated carbocycles. The van der Waals surface area contributed by atoms with E-state index in [4.69, 9.17) is 4.74 Å². The maximum atomic E-state index is 11.7. The molecule has 0 aliphatic heterocycles. The molecule has 0 bridgehead atoms. The molecule has 0 heterocycles. The molecule has 1 aromatic rings. The molecule has 1 aliphatic rings. The Bertz CT molecular complexity index is 509. The molecule has 0 saturated heterocycles. The van der Waals surface area contributed by atoms with Gasteiger partial charge in [-0.15, -0.1) is 0 Å². The van der Waals surface area contributed by atoms with E-state index >= 15 is 0 Å². The van der Waals surface area contributed by atoms with Crippen molar-refractivity contribution in [2.24, 2.45) is 5.41 Å². The molecule has 0 unspecified atom stereocenters. The molecule has 1 aliphatic carbocycles.